The van der Waals surface area contributed by atoms with Crippen LogP contribution in [0, 0.1) is 0 Å². The highest BCUT2D eigenvalue weighted by atomic mass is 32.2. The van der Waals surface area contributed by atoms with Crippen molar-refractivity contribution < 1.29 is 13.5 Å². The minimum atomic E-state index is -3.25. The van der Waals surface area contributed by atoms with Crippen molar-refractivity contribution in [3.05, 3.63) is 35.4 Å². The summed E-state index contributed by atoms with van der Waals surface area (Å²) in [4.78, 5) is 0. The van der Waals surface area contributed by atoms with E-state index in [1.165, 1.54) is 0 Å². The van der Waals surface area contributed by atoms with Gasteiger partial charge in [-0.1, -0.05) is 30.7 Å². The van der Waals surface area contributed by atoms with Crippen LogP contribution in [0.4, 0.5) is 0 Å². The zero-order chi connectivity index (χ0) is 12.3. The van der Waals surface area contributed by atoms with Crippen LogP contribution >= 0.6 is 0 Å². The van der Waals surface area contributed by atoms with E-state index in [9.17, 15) is 8.42 Å². The van der Waals surface area contributed by atoms with E-state index in [4.69, 9.17) is 5.11 Å². The third-order valence-electron chi connectivity index (χ3n) is 2.98. The lowest BCUT2D eigenvalue weighted by Crippen LogP contribution is -2.40. The van der Waals surface area contributed by atoms with Crippen molar-refractivity contribution in [2.24, 2.45) is 0 Å². The van der Waals surface area contributed by atoms with Gasteiger partial charge in [0.25, 0.3) is 0 Å². The van der Waals surface area contributed by atoms with Gasteiger partial charge in [-0.2, -0.15) is 0 Å². The summed E-state index contributed by atoms with van der Waals surface area (Å²) >= 11 is 0. The van der Waals surface area contributed by atoms with Gasteiger partial charge >= 0.3 is 0 Å². The van der Waals surface area contributed by atoms with Gasteiger partial charge < -0.3 is 5.11 Å². The summed E-state index contributed by atoms with van der Waals surface area (Å²) in [5.74, 6) is -0.0165. The van der Waals surface area contributed by atoms with E-state index in [1.54, 1.807) is 24.3 Å². The molecule has 0 atom stereocenters. The Hall–Kier alpha value is -0.910. The molecule has 1 aliphatic rings. The maximum Gasteiger partial charge on any atom is 0.216 e. The molecule has 1 aromatic rings. The first kappa shape index (κ1) is 12.5. The second-order valence-corrected chi connectivity index (χ2v) is 6.24. The molecule has 17 heavy (non-hydrogen) atoms. The molecule has 0 bridgehead atoms. The SMILES string of the molecule is O=S(=O)(Cc1cccc(CO)c1)NC1CCC1. The molecule has 1 aliphatic carbocycles. The first-order chi connectivity index (χ1) is 8.09. The van der Waals surface area contributed by atoms with Crippen molar-refractivity contribution in [1.82, 2.24) is 4.72 Å². The highest BCUT2D eigenvalue weighted by Gasteiger charge is 2.23. The van der Waals surface area contributed by atoms with Crippen LogP contribution in [0.5, 0.6) is 0 Å². The van der Waals surface area contributed by atoms with Crippen LogP contribution in [0.1, 0.15) is 30.4 Å². The second kappa shape index (κ2) is 5.16. The molecule has 4 nitrogen and oxygen atoms in total. The first-order valence-electron chi connectivity index (χ1n) is 5.78. The predicted octanol–water partition coefficient (Wildman–Crippen LogP) is 1.15. The van der Waals surface area contributed by atoms with E-state index in [1.807, 2.05) is 0 Å². The average molecular weight is 255 g/mol. The van der Waals surface area contributed by atoms with E-state index in [2.05, 4.69) is 4.72 Å². The Labute approximate surface area is 102 Å². The molecule has 0 amide bonds. The first-order valence-corrected chi connectivity index (χ1v) is 7.43. The Kier molecular flexibility index (Phi) is 3.81. The van der Waals surface area contributed by atoms with Gasteiger partial charge in [0.15, 0.2) is 0 Å². The third-order valence-corrected chi connectivity index (χ3v) is 4.39. The van der Waals surface area contributed by atoms with Crippen molar-refractivity contribution in [1.29, 1.82) is 0 Å². The minimum Gasteiger partial charge on any atom is -0.392 e. The summed E-state index contributed by atoms with van der Waals surface area (Å²) in [5.41, 5.74) is 1.45. The van der Waals surface area contributed by atoms with Crippen LogP contribution < -0.4 is 4.72 Å². The molecule has 2 rings (SSSR count). The quantitative estimate of drug-likeness (QED) is 0.829. The fraction of sp³-hybridized carbons (Fsp3) is 0.500. The van der Waals surface area contributed by atoms with Crippen LogP contribution in [0.25, 0.3) is 0 Å². The van der Waals surface area contributed by atoms with Crippen LogP contribution in [0.2, 0.25) is 0 Å². The standard InChI is InChI=1S/C12H17NO3S/c14-8-10-3-1-4-11(7-10)9-17(15,16)13-12-5-2-6-12/h1,3-4,7,12-14H,2,5-6,8-9H2. The second-order valence-electron chi connectivity index (χ2n) is 4.48. The van der Waals surface area contributed by atoms with Crippen LogP contribution in [0.3, 0.4) is 0 Å². The lowest BCUT2D eigenvalue weighted by atomic mass is 9.94. The third kappa shape index (κ3) is 3.52. The lowest BCUT2D eigenvalue weighted by Gasteiger charge is -2.26. The molecule has 1 saturated carbocycles. The maximum atomic E-state index is 11.8. The minimum absolute atomic E-state index is 0.0165. The number of hydrogen-bond acceptors (Lipinski definition) is 3. The van der Waals surface area contributed by atoms with Gasteiger partial charge in [0.05, 0.1) is 12.4 Å². The van der Waals surface area contributed by atoms with Gasteiger partial charge in [0, 0.05) is 6.04 Å². The molecule has 2 N–H and O–H groups in total. The summed E-state index contributed by atoms with van der Waals surface area (Å²) < 4.78 is 26.3. The number of aliphatic hydroxyl groups excluding tert-OH is 1. The van der Waals surface area contributed by atoms with Crippen LogP contribution in [-0.4, -0.2) is 19.6 Å². The smallest absolute Gasteiger partial charge is 0.216 e. The van der Waals surface area contributed by atoms with Crippen molar-refractivity contribution in [3.63, 3.8) is 0 Å². The van der Waals surface area contributed by atoms with Gasteiger partial charge in [0.2, 0.25) is 10.0 Å². The molecule has 5 heteroatoms. The number of rotatable bonds is 5. The number of aliphatic hydroxyl groups is 1. The van der Waals surface area contributed by atoms with Gasteiger partial charge in [-0.3, -0.25) is 0 Å². The summed E-state index contributed by atoms with van der Waals surface area (Å²) in [6.07, 6.45) is 2.99. The number of nitrogens with one attached hydrogen (secondary N) is 1. The lowest BCUT2D eigenvalue weighted by molar-refractivity contribution is 0.281. The molecular weight excluding hydrogens is 238 g/mol. The van der Waals surface area contributed by atoms with Gasteiger partial charge in [-0.15, -0.1) is 0 Å². The molecule has 1 fully saturated rings. The van der Waals surface area contributed by atoms with E-state index in [0.717, 1.165) is 24.8 Å². The maximum absolute atomic E-state index is 11.8. The Morgan fingerprint density at radius 3 is 2.59 bits per heavy atom. The normalized spacial score (nSPS) is 16.8. The topological polar surface area (TPSA) is 66.4 Å². The van der Waals surface area contributed by atoms with Gasteiger partial charge in [-0.05, 0) is 24.0 Å². The number of sulfonamides is 1. The molecule has 0 unspecified atom stereocenters. The largest absolute Gasteiger partial charge is 0.392 e. The molecule has 0 spiro atoms. The molecule has 1 aromatic carbocycles. The Morgan fingerprint density at radius 2 is 2.00 bits per heavy atom. The Morgan fingerprint density at radius 1 is 1.29 bits per heavy atom. The highest BCUT2D eigenvalue weighted by molar-refractivity contribution is 7.88. The fourth-order valence-electron chi connectivity index (χ4n) is 1.86. The molecule has 0 heterocycles. The molecule has 0 aromatic heterocycles. The number of hydrogen-bond donors (Lipinski definition) is 2. The Bertz CT molecular complexity index is 480. The monoisotopic (exact) mass is 255 g/mol. The Balaban J connectivity index is 2.02. The van der Waals surface area contributed by atoms with E-state index in [-0.39, 0.29) is 18.4 Å². The average Bonchev–Trinajstić information content (AvgIpc) is 2.23. The zero-order valence-electron chi connectivity index (χ0n) is 9.59. The number of benzene rings is 1. The highest BCUT2D eigenvalue weighted by Crippen LogP contribution is 2.20. The van der Waals surface area contributed by atoms with Gasteiger partial charge in [0.1, 0.15) is 0 Å². The molecule has 0 saturated heterocycles. The fourth-order valence-corrected chi connectivity index (χ4v) is 3.30. The van der Waals surface area contributed by atoms with Crippen LogP contribution in [-0.2, 0) is 22.4 Å². The van der Waals surface area contributed by atoms with E-state index in [0.29, 0.717) is 5.56 Å². The molecule has 94 valence electrons. The van der Waals surface area contributed by atoms with Crippen molar-refractivity contribution in [3.8, 4) is 0 Å². The predicted molar refractivity (Wildman–Crippen MR) is 65.8 cm³/mol. The van der Waals surface area contributed by atoms with Crippen molar-refractivity contribution in [2.45, 2.75) is 37.7 Å². The summed E-state index contributed by atoms with van der Waals surface area (Å²) in [7, 11) is -3.25. The zero-order valence-corrected chi connectivity index (χ0v) is 10.4. The van der Waals surface area contributed by atoms with Crippen LogP contribution in [0.15, 0.2) is 24.3 Å². The molecule has 0 aliphatic heterocycles. The summed E-state index contributed by atoms with van der Waals surface area (Å²) in [6.45, 7) is -0.0655. The van der Waals surface area contributed by atoms with Crippen molar-refractivity contribution in [2.75, 3.05) is 0 Å². The molecule has 0 radical (unpaired) electrons. The molecular formula is C12H17NO3S. The van der Waals surface area contributed by atoms with Gasteiger partial charge in [-0.25, -0.2) is 13.1 Å². The summed E-state index contributed by atoms with van der Waals surface area (Å²) in [5, 5.41) is 8.99. The van der Waals surface area contributed by atoms with E-state index >= 15 is 0 Å². The van der Waals surface area contributed by atoms with E-state index < -0.39 is 10.0 Å². The summed E-state index contributed by atoms with van der Waals surface area (Å²) in [6, 6.07) is 7.15. The van der Waals surface area contributed by atoms with Crippen molar-refractivity contribution >= 4 is 10.0 Å².